The molecule has 3 aromatic rings. The number of nitrogens with zero attached hydrogens (tertiary/aromatic N) is 1. The summed E-state index contributed by atoms with van der Waals surface area (Å²) in [5.41, 5.74) is 3.89. The van der Waals surface area contributed by atoms with Crippen LogP contribution in [0.15, 0.2) is 60.8 Å². The molecule has 0 aliphatic rings. The molecule has 0 saturated carbocycles. The van der Waals surface area contributed by atoms with E-state index in [1.54, 1.807) is 44.7 Å². The molecular formula is C22H23N3O3. The van der Waals surface area contributed by atoms with Crippen molar-refractivity contribution in [2.24, 2.45) is 0 Å². The molecule has 0 fully saturated rings. The average molecular weight is 377 g/mol. The van der Waals surface area contributed by atoms with Gasteiger partial charge in [-0.2, -0.15) is 0 Å². The van der Waals surface area contributed by atoms with Gasteiger partial charge < -0.3 is 20.1 Å². The third kappa shape index (κ3) is 4.40. The number of benzene rings is 2. The van der Waals surface area contributed by atoms with Crippen LogP contribution < -0.4 is 20.1 Å². The van der Waals surface area contributed by atoms with Crippen LogP contribution in [0, 0.1) is 0 Å². The molecule has 3 rings (SSSR count). The number of carbonyl (C=O) groups excluding carboxylic acids is 1. The molecule has 1 aromatic heterocycles. The summed E-state index contributed by atoms with van der Waals surface area (Å²) in [6.07, 6.45) is 2.57. The van der Waals surface area contributed by atoms with Gasteiger partial charge in [0, 0.05) is 11.8 Å². The number of hydrogen-bond donors (Lipinski definition) is 2. The first-order chi connectivity index (χ1) is 13.6. The van der Waals surface area contributed by atoms with Crippen molar-refractivity contribution < 1.29 is 14.3 Å². The van der Waals surface area contributed by atoms with Crippen LogP contribution in [-0.2, 0) is 6.42 Å². The summed E-state index contributed by atoms with van der Waals surface area (Å²) in [5, 5.41) is 6.15. The smallest absolute Gasteiger partial charge is 0.274 e. The van der Waals surface area contributed by atoms with E-state index >= 15 is 0 Å². The number of amides is 1. The Labute approximate surface area is 164 Å². The molecule has 2 aromatic carbocycles. The van der Waals surface area contributed by atoms with Gasteiger partial charge in [-0.05, 0) is 42.3 Å². The maximum Gasteiger partial charge on any atom is 0.274 e. The van der Waals surface area contributed by atoms with Crippen LogP contribution in [0.4, 0.5) is 17.1 Å². The highest BCUT2D eigenvalue weighted by Crippen LogP contribution is 2.29. The standard InChI is InChI=1S/C22H23N3O3/c1-4-15-7-5-6-8-18(15)24-16-9-11-19(23-14-16)22(26)25-20-13-17(27-2)10-12-21(20)28-3/h5-14,24H,4H2,1-3H3,(H,25,26). The fourth-order valence-corrected chi connectivity index (χ4v) is 2.81. The van der Waals surface area contributed by atoms with Crippen molar-refractivity contribution in [2.75, 3.05) is 24.9 Å². The van der Waals surface area contributed by atoms with E-state index in [4.69, 9.17) is 9.47 Å². The third-order valence-corrected chi connectivity index (χ3v) is 4.33. The van der Waals surface area contributed by atoms with E-state index in [0.29, 0.717) is 22.9 Å². The molecule has 0 unspecified atom stereocenters. The Balaban J connectivity index is 1.74. The molecular weight excluding hydrogens is 354 g/mol. The Kier molecular flexibility index (Phi) is 6.11. The topological polar surface area (TPSA) is 72.5 Å². The monoisotopic (exact) mass is 377 g/mol. The predicted molar refractivity (Wildman–Crippen MR) is 111 cm³/mol. The van der Waals surface area contributed by atoms with Crippen molar-refractivity contribution >= 4 is 23.0 Å². The Morgan fingerprint density at radius 2 is 1.82 bits per heavy atom. The van der Waals surface area contributed by atoms with Gasteiger partial charge in [0.1, 0.15) is 17.2 Å². The first-order valence-electron chi connectivity index (χ1n) is 8.99. The summed E-state index contributed by atoms with van der Waals surface area (Å²) in [7, 11) is 3.11. The van der Waals surface area contributed by atoms with Crippen molar-refractivity contribution in [1.82, 2.24) is 4.98 Å². The molecule has 1 amide bonds. The number of aromatic nitrogens is 1. The first-order valence-corrected chi connectivity index (χ1v) is 8.99. The minimum absolute atomic E-state index is 0.305. The molecule has 6 heteroatoms. The summed E-state index contributed by atoms with van der Waals surface area (Å²) in [5.74, 6) is 0.842. The van der Waals surface area contributed by atoms with Gasteiger partial charge in [0.05, 0.1) is 31.8 Å². The second kappa shape index (κ2) is 8.90. The van der Waals surface area contributed by atoms with E-state index in [1.165, 1.54) is 5.56 Å². The number of pyridine rings is 1. The molecule has 0 spiro atoms. The Morgan fingerprint density at radius 1 is 1.00 bits per heavy atom. The van der Waals surface area contributed by atoms with Crippen LogP contribution in [0.3, 0.4) is 0 Å². The summed E-state index contributed by atoms with van der Waals surface area (Å²) >= 11 is 0. The first kappa shape index (κ1) is 19.2. The van der Waals surface area contributed by atoms with Crippen LogP contribution >= 0.6 is 0 Å². The predicted octanol–water partition coefficient (Wildman–Crippen LogP) is 4.66. The van der Waals surface area contributed by atoms with E-state index in [2.05, 4.69) is 28.6 Å². The highest BCUT2D eigenvalue weighted by molar-refractivity contribution is 6.04. The lowest BCUT2D eigenvalue weighted by Gasteiger charge is -2.12. The van der Waals surface area contributed by atoms with Gasteiger partial charge in [-0.3, -0.25) is 4.79 Å². The van der Waals surface area contributed by atoms with Crippen LogP contribution in [0.2, 0.25) is 0 Å². The van der Waals surface area contributed by atoms with Crippen molar-refractivity contribution in [3.05, 3.63) is 72.1 Å². The Morgan fingerprint density at radius 3 is 2.50 bits per heavy atom. The van der Waals surface area contributed by atoms with Gasteiger partial charge >= 0.3 is 0 Å². The molecule has 6 nitrogen and oxygen atoms in total. The molecule has 0 saturated heterocycles. The summed E-state index contributed by atoms with van der Waals surface area (Å²) in [4.78, 5) is 16.8. The number of rotatable bonds is 7. The lowest BCUT2D eigenvalue weighted by Crippen LogP contribution is -2.14. The fourth-order valence-electron chi connectivity index (χ4n) is 2.81. The maximum atomic E-state index is 12.6. The molecule has 0 bridgehead atoms. The van der Waals surface area contributed by atoms with Crippen LogP contribution in [0.5, 0.6) is 11.5 Å². The van der Waals surface area contributed by atoms with E-state index in [-0.39, 0.29) is 5.91 Å². The Hall–Kier alpha value is -3.54. The number of ether oxygens (including phenoxy) is 2. The van der Waals surface area contributed by atoms with Crippen molar-refractivity contribution in [1.29, 1.82) is 0 Å². The van der Waals surface area contributed by atoms with Gasteiger partial charge in [-0.25, -0.2) is 4.98 Å². The van der Waals surface area contributed by atoms with Gasteiger partial charge in [-0.1, -0.05) is 25.1 Å². The molecule has 28 heavy (non-hydrogen) atoms. The highest BCUT2D eigenvalue weighted by Gasteiger charge is 2.12. The van der Waals surface area contributed by atoms with Gasteiger partial charge in [0.15, 0.2) is 0 Å². The zero-order valence-corrected chi connectivity index (χ0v) is 16.2. The second-order valence-electron chi connectivity index (χ2n) is 6.09. The highest BCUT2D eigenvalue weighted by atomic mass is 16.5. The SMILES string of the molecule is CCc1ccccc1Nc1ccc(C(=O)Nc2cc(OC)ccc2OC)nc1. The Bertz CT molecular complexity index is 955. The van der Waals surface area contributed by atoms with Crippen molar-refractivity contribution in [2.45, 2.75) is 13.3 Å². The molecule has 2 N–H and O–H groups in total. The molecule has 0 atom stereocenters. The zero-order chi connectivity index (χ0) is 19.9. The zero-order valence-electron chi connectivity index (χ0n) is 16.2. The second-order valence-corrected chi connectivity index (χ2v) is 6.09. The molecule has 144 valence electrons. The molecule has 0 aliphatic carbocycles. The number of aryl methyl sites for hydroxylation is 1. The average Bonchev–Trinajstić information content (AvgIpc) is 2.74. The van der Waals surface area contributed by atoms with Crippen LogP contribution in [-0.4, -0.2) is 25.1 Å². The third-order valence-electron chi connectivity index (χ3n) is 4.33. The number of carbonyl (C=O) groups is 1. The van der Waals surface area contributed by atoms with Crippen molar-refractivity contribution in [3.8, 4) is 11.5 Å². The lowest BCUT2D eigenvalue weighted by atomic mass is 10.1. The number of para-hydroxylation sites is 1. The number of methoxy groups -OCH3 is 2. The largest absolute Gasteiger partial charge is 0.497 e. The van der Waals surface area contributed by atoms with Gasteiger partial charge in [0.2, 0.25) is 0 Å². The molecule has 0 radical (unpaired) electrons. The summed E-state index contributed by atoms with van der Waals surface area (Å²) in [6.45, 7) is 2.11. The molecule has 0 aliphatic heterocycles. The van der Waals surface area contributed by atoms with Crippen LogP contribution in [0.1, 0.15) is 23.0 Å². The quantitative estimate of drug-likeness (QED) is 0.627. The van der Waals surface area contributed by atoms with E-state index in [1.807, 2.05) is 24.3 Å². The number of anilines is 3. The normalized spacial score (nSPS) is 10.2. The van der Waals surface area contributed by atoms with E-state index in [0.717, 1.165) is 17.8 Å². The van der Waals surface area contributed by atoms with Gasteiger partial charge in [0.25, 0.3) is 5.91 Å². The summed E-state index contributed by atoms with van der Waals surface area (Å²) in [6, 6.07) is 16.8. The van der Waals surface area contributed by atoms with Crippen LogP contribution in [0.25, 0.3) is 0 Å². The van der Waals surface area contributed by atoms with Gasteiger partial charge in [-0.15, -0.1) is 0 Å². The number of nitrogens with one attached hydrogen (secondary N) is 2. The minimum Gasteiger partial charge on any atom is -0.497 e. The summed E-state index contributed by atoms with van der Waals surface area (Å²) < 4.78 is 10.5. The maximum absolute atomic E-state index is 12.6. The number of hydrogen-bond acceptors (Lipinski definition) is 5. The van der Waals surface area contributed by atoms with Crippen molar-refractivity contribution in [3.63, 3.8) is 0 Å². The lowest BCUT2D eigenvalue weighted by molar-refractivity contribution is 0.102. The van der Waals surface area contributed by atoms with E-state index < -0.39 is 0 Å². The van der Waals surface area contributed by atoms with E-state index in [9.17, 15) is 4.79 Å². The molecule has 1 heterocycles. The fraction of sp³-hybridized carbons (Fsp3) is 0.182. The minimum atomic E-state index is -0.327.